The average Bonchev–Trinajstić information content (AvgIpc) is 2.06. The Morgan fingerprint density at radius 1 is 1.82 bits per heavy atom. The number of esters is 1. The molecule has 0 radical (unpaired) electrons. The zero-order valence-electron chi connectivity index (χ0n) is 6.63. The van der Waals surface area contributed by atoms with Crippen LogP contribution in [-0.2, 0) is 14.3 Å². The number of carbonyl (C=O) groups is 1. The molecule has 0 aromatic carbocycles. The molecule has 58 valence electrons. The van der Waals surface area contributed by atoms with E-state index in [9.17, 15) is 4.79 Å². The molecule has 0 bridgehead atoms. The van der Waals surface area contributed by atoms with E-state index in [1.807, 2.05) is 0 Å². The first-order chi connectivity index (χ1) is 5.33. The fraction of sp³-hybridized carbons (Fsp3) is 0.833. The number of ether oxygens (including phenoxy) is 2. The summed E-state index contributed by atoms with van der Waals surface area (Å²) in [5.41, 5.74) is 0. The summed E-state index contributed by atoms with van der Waals surface area (Å²) in [6.45, 7) is 2.05. The SMILES string of the molecule is [Li][CH2]C(=O)OC1CNCCO1. The zero-order valence-corrected chi connectivity index (χ0v) is 6.63. The molecule has 1 saturated heterocycles. The first kappa shape index (κ1) is 9.08. The molecule has 5 heteroatoms. The van der Waals surface area contributed by atoms with Gasteiger partial charge >= 0.3 is 74.3 Å². The van der Waals surface area contributed by atoms with Crippen molar-refractivity contribution in [2.45, 2.75) is 11.4 Å². The van der Waals surface area contributed by atoms with E-state index in [0.29, 0.717) is 18.2 Å². The zero-order chi connectivity index (χ0) is 8.10. The van der Waals surface area contributed by atoms with Gasteiger partial charge in [-0.2, -0.15) is 0 Å². The van der Waals surface area contributed by atoms with Gasteiger partial charge in [-0.1, -0.05) is 0 Å². The number of rotatable bonds is 2. The van der Waals surface area contributed by atoms with Gasteiger partial charge in [0.25, 0.3) is 0 Å². The Hall–Kier alpha value is -0.0126. The van der Waals surface area contributed by atoms with Gasteiger partial charge in [-0.3, -0.25) is 0 Å². The molecule has 1 heterocycles. The van der Waals surface area contributed by atoms with E-state index in [-0.39, 0.29) is 12.3 Å². The van der Waals surface area contributed by atoms with E-state index >= 15 is 0 Å². The summed E-state index contributed by atoms with van der Waals surface area (Å²) in [5.74, 6) is -0.210. The Morgan fingerprint density at radius 2 is 2.64 bits per heavy atom. The van der Waals surface area contributed by atoms with Gasteiger partial charge in [-0.15, -0.1) is 0 Å². The van der Waals surface area contributed by atoms with E-state index in [4.69, 9.17) is 9.47 Å². The molecule has 1 unspecified atom stereocenters. The first-order valence-corrected chi connectivity index (χ1v) is 3.84. The van der Waals surface area contributed by atoms with Crippen LogP contribution in [0.5, 0.6) is 0 Å². The van der Waals surface area contributed by atoms with Crippen molar-refractivity contribution < 1.29 is 14.3 Å². The molecule has 1 N–H and O–H groups in total. The van der Waals surface area contributed by atoms with Gasteiger partial charge in [0.15, 0.2) is 0 Å². The van der Waals surface area contributed by atoms with Crippen molar-refractivity contribution in [3.05, 3.63) is 0 Å². The van der Waals surface area contributed by atoms with Gasteiger partial charge in [0.2, 0.25) is 0 Å². The summed E-state index contributed by atoms with van der Waals surface area (Å²) < 4.78 is 10.1. The Balaban J connectivity index is 2.19. The molecule has 1 aliphatic heterocycles. The molecule has 0 aromatic heterocycles. The Bertz CT molecular complexity index is 136. The second-order valence-electron chi connectivity index (χ2n) is 2.35. The van der Waals surface area contributed by atoms with Gasteiger partial charge in [-0.25, -0.2) is 0 Å². The quantitative estimate of drug-likeness (QED) is 0.409. The summed E-state index contributed by atoms with van der Waals surface area (Å²) >= 11 is 1.76. The van der Waals surface area contributed by atoms with Crippen molar-refractivity contribution in [2.24, 2.45) is 0 Å². The second kappa shape index (κ2) is 4.78. The van der Waals surface area contributed by atoms with Crippen molar-refractivity contribution >= 4 is 23.7 Å². The van der Waals surface area contributed by atoms with E-state index < -0.39 is 0 Å². The van der Waals surface area contributed by atoms with Crippen molar-refractivity contribution in [1.29, 1.82) is 0 Å². The van der Waals surface area contributed by atoms with Crippen molar-refractivity contribution in [3.8, 4) is 0 Å². The van der Waals surface area contributed by atoms with Crippen molar-refractivity contribution in [1.82, 2.24) is 5.32 Å². The molecule has 11 heavy (non-hydrogen) atoms. The van der Waals surface area contributed by atoms with E-state index in [1.165, 1.54) is 0 Å². The van der Waals surface area contributed by atoms with Crippen LogP contribution in [0, 0.1) is 0 Å². The average molecular weight is 151 g/mol. The van der Waals surface area contributed by atoms with Crippen molar-refractivity contribution in [2.75, 3.05) is 19.7 Å². The van der Waals surface area contributed by atoms with Crippen LogP contribution in [-0.4, -0.2) is 49.7 Å². The molecule has 0 saturated carbocycles. The standard InChI is InChI=1S/C6H10NO3.Li/c1-5(8)10-6-4-7-2-3-9-6;/h6-7H,1-4H2;. The summed E-state index contributed by atoms with van der Waals surface area (Å²) in [6.07, 6.45) is -0.379. The molecule has 1 aliphatic rings. The van der Waals surface area contributed by atoms with Crippen LogP contribution in [0.2, 0.25) is 5.09 Å². The molecule has 0 amide bonds. The minimum atomic E-state index is -0.379. The third kappa shape index (κ3) is 3.26. The predicted molar refractivity (Wildman–Crippen MR) is 39.3 cm³/mol. The van der Waals surface area contributed by atoms with Crippen LogP contribution in [0.4, 0.5) is 0 Å². The molecule has 0 spiro atoms. The van der Waals surface area contributed by atoms with Crippen LogP contribution >= 0.6 is 0 Å². The van der Waals surface area contributed by atoms with Crippen LogP contribution in [0.15, 0.2) is 0 Å². The molecule has 1 rings (SSSR count). The second-order valence-corrected chi connectivity index (χ2v) is 2.35. The molecule has 1 atom stereocenters. The molecule has 4 nitrogen and oxygen atoms in total. The van der Waals surface area contributed by atoms with Gasteiger partial charge < -0.3 is 0 Å². The van der Waals surface area contributed by atoms with Gasteiger partial charge in [0, 0.05) is 0 Å². The number of nitrogens with one attached hydrogen (secondary N) is 1. The molecule has 0 aliphatic carbocycles. The molecular weight excluding hydrogens is 141 g/mol. The van der Waals surface area contributed by atoms with Gasteiger partial charge in [0.05, 0.1) is 0 Å². The number of carbonyl (C=O) groups excluding carboxylic acids is 1. The third-order valence-corrected chi connectivity index (χ3v) is 1.45. The molecule has 0 aromatic rings. The maximum absolute atomic E-state index is 10.8. The predicted octanol–water partition coefficient (Wildman–Crippen LogP) is -0.938. The molecule has 1 fully saturated rings. The number of morpholine rings is 1. The fourth-order valence-corrected chi connectivity index (χ4v) is 0.847. The minimum absolute atomic E-state index is 0.210. The summed E-state index contributed by atoms with van der Waals surface area (Å²) in [6, 6.07) is 0. The normalized spacial score (nSPS) is 24.7. The summed E-state index contributed by atoms with van der Waals surface area (Å²) in [4.78, 5) is 10.8. The van der Waals surface area contributed by atoms with Gasteiger partial charge in [0.1, 0.15) is 0 Å². The maximum atomic E-state index is 10.8. The van der Waals surface area contributed by atoms with E-state index in [0.717, 1.165) is 6.54 Å². The van der Waals surface area contributed by atoms with Gasteiger partial charge in [-0.05, 0) is 0 Å². The van der Waals surface area contributed by atoms with Crippen LogP contribution < -0.4 is 5.32 Å². The fourth-order valence-electron chi connectivity index (χ4n) is 0.847. The summed E-state index contributed by atoms with van der Waals surface area (Å²) in [7, 11) is 0. The Morgan fingerprint density at radius 3 is 3.18 bits per heavy atom. The third-order valence-electron chi connectivity index (χ3n) is 1.45. The van der Waals surface area contributed by atoms with E-state index in [1.54, 1.807) is 17.7 Å². The van der Waals surface area contributed by atoms with Crippen molar-refractivity contribution in [3.63, 3.8) is 0 Å². The topological polar surface area (TPSA) is 47.6 Å². The van der Waals surface area contributed by atoms with Crippen LogP contribution in [0.25, 0.3) is 0 Å². The van der Waals surface area contributed by atoms with Crippen LogP contribution in [0.3, 0.4) is 0 Å². The number of hydrogen-bond donors (Lipinski definition) is 1. The monoisotopic (exact) mass is 151 g/mol. The Labute approximate surface area is 74.8 Å². The van der Waals surface area contributed by atoms with Crippen LogP contribution in [0.1, 0.15) is 0 Å². The number of hydrogen-bond acceptors (Lipinski definition) is 4. The first-order valence-electron chi connectivity index (χ1n) is 3.84. The molecular formula is C6H10LiNO3. The van der Waals surface area contributed by atoms with E-state index in [2.05, 4.69) is 5.32 Å². The Kier molecular flexibility index (Phi) is 3.95. The summed E-state index contributed by atoms with van der Waals surface area (Å²) in [5, 5.41) is 3.46.